The van der Waals surface area contributed by atoms with E-state index in [1.807, 2.05) is 0 Å². The predicted octanol–water partition coefficient (Wildman–Crippen LogP) is 3.74. The summed E-state index contributed by atoms with van der Waals surface area (Å²) in [5.41, 5.74) is 2.23. The van der Waals surface area contributed by atoms with Gasteiger partial charge in [0.05, 0.1) is 23.6 Å². The molecule has 0 saturated heterocycles. The van der Waals surface area contributed by atoms with Gasteiger partial charge in [0, 0.05) is 6.54 Å². The van der Waals surface area contributed by atoms with E-state index < -0.39 is 5.97 Å². The molecule has 6 heteroatoms. The fourth-order valence-electron chi connectivity index (χ4n) is 3.09. The van der Waals surface area contributed by atoms with Crippen molar-refractivity contribution in [2.24, 2.45) is 0 Å². The monoisotopic (exact) mass is 344 g/mol. The number of aromatic amines is 1. The third kappa shape index (κ3) is 3.33. The third-order valence-electron chi connectivity index (χ3n) is 4.44. The van der Waals surface area contributed by atoms with Gasteiger partial charge in [-0.15, -0.1) is 0 Å². The highest BCUT2D eigenvalue weighted by atomic mass is 32.1. The van der Waals surface area contributed by atoms with Crippen LogP contribution in [0.1, 0.15) is 42.5 Å². The van der Waals surface area contributed by atoms with Crippen LogP contribution in [0.5, 0.6) is 0 Å². The molecular formula is C18H20N2O3S. The van der Waals surface area contributed by atoms with Crippen LogP contribution in [0.2, 0.25) is 0 Å². The van der Waals surface area contributed by atoms with Gasteiger partial charge in [0.2, 0.25) is 0 Å². The van der Waals surface area contributed by atoms with Gasteiger partial charge in [0.25, 0.3) is 5.56 Å². The average Bonchev–Trinajstić information content (AvgIpc) is 2.61. The summed E-state index contributed by atoms with van der Waals surface area (Å²) >= 11 is 5.34. The maximum Gasteiger partial charge on any atom is 0.337 e. The number of ether oxygens (including phenoxy) is 1. The molecule has 126 valence electrons. The van der Waals surface area contributed by atoms with Crippen LogP contribution >= 0.6 is 12.2 Å². The Morgan fingerprint density at radius 1 is 1.38 bits per heavy atom. The Morgan fingerprint density at radius 3 is 2.92 bits per heavy atom. The molecule has 0 atom stereocenters. The molecule has 1 aliphatic rings. The van der Waals surface area contributed by atoms with E-state index in [4.69, 9.17) is 17.0 Å². The van der Waals surface area contributed by atoms with E-state index in [1.54, 1.807) is 22.8 Å². The highest BCUT2D eigenvalue weighted by molar-refractivity contribution is 7.71. The lowest BCUT2D eigenvalue weighted by Crippen LogP contribution is -2.23. The molecule has 1 aromatic carbocycles. The van der Waals surface area contributed by atoms with Gasteiger partial charge in [-0.2, -0.15) is 0 Å². The van der Waals surface area contributed by atoms with Gasteiger partial charge in [-0.1, -0.05) is 11.6 Å². The molecule has 0 spiro atoms. The van der Waals surface area contributed by atoms with Gasteiger partial charge in [-0.25, -0.2) is 4.79 Å². The number of carbonyl (C=O) groups excluding carboxylic acids is 1. The van der Waals surface area contributed by atoms with Crippen LogP contribution in [-0.4, -0.2) is 22.6 Å². The number of benzene rings is 1. The molecule has 2 aromatic rings. The van der Waals surface area contributed by atoms with Crippen molar-refractivity contribution < 1.29 is 9.53 Å². The lowest BCUT2D eigenvalue weighted by molar-refractivity contribution is 0.0601. The van der Waals surface area contributed by atoms with E-state index in [0.29, 0.717) is 27.8 Å². The van der Waals surface area contributed by atoms with Crippen molar-refractivity contribution in [3.05, 3.63) is 50.5 Å². The smallest absolute Gasteiger partial charge is 0.337 e. The van der Waals surface area contributed by atoms with E-state index in [0.717, 1.165) is 19.3 Å². The van der Waals surface area contributed by atoms with Crippen molar-refractivity contribution in [3.8, 4) is 0 Å². The first-order chi connectivity index (χ1) is 11.6. The normalized spacial score (nSPS) is 14.5. The molecule has 1 aliphatic carbocycles. The summed E-state index contributed by atoms with van der Waals surface area (Å²) < 4.78 is 6.69. The summed E-state index contributed by atoms with van der Waals surface area (Å²) in [5.74, 6) is -0.440. The first kappa shape index (κ1) is 16.6. The predicted molar refractivity (Wildman–Crippen MR) is 95.9 cm³/mol. The maximum atomic E-state index is 12.7. The summed E-state index contributed by atoms with van der Waals surface area (Å²) in [6.45, 7) is 0.578. The fourth-order valence-corrected chi connectivity index (χ4v) is 3.37. The van der Waals surface area contributed by atoms with Crippen molar-refractivity contribution in [3.63, 3.8) is 0 Å². The lowest BCUT2D eigenvalue weighted by atomic mass is 9.97. The fraction of sp³-hybridized carbons (Fsp3) is 0.389. The topological polar surface area (TPSA) is 64.1 Å². The molecule has 3 rings (SSSR count). The Labute approximate surface area is 145 Å². The second kappa shape index (κ2) is 7.13. The minimum Gasteiger partial charge on any atom is -0.465 e. The molecule has 0 amide bonds. The molecule has 0 fully saturated rings. The van der Waals surface area contributed by atoms with Crippen molar-refractivity contribution in [1.29, 1.82) is 0 Å². The lowest BCUT2D eigenvalue weighted by Gasteiger charge is -2.14. The Hall–Kier alpha value is -2.21. The number of hydrogen-bond donors (Lipinski definition) is 1. The Morgan fingerprint density at radius 2 is 2.21 bits per heavy atom. The van der Waals surface area contributed by atoms with Crippen LogP contribution in [0, 0.1) is 4.77 Å². The van der Waals surface area contributed by atoms with Crippen LogP contribution < -0.4 is 5.56 Å². The van der Waals surface area contributed by atoms with Crippen molar-refractivity contribution in [2.45, 2.75) is 38.6 Å². The van der Waals surface area contributed by atoms with Crippen LogP contribution in [0.15, 0.2) is 34.6 Å². The number of aromatic nitrogens is 2. The summed E-state index contributed by atoms with van der Waals surface area (Å²) in [7, 11) is 1.33. The standard InChI is InChI=1S/C18H20N2O3S/c1-23-17(22)13-7-8-14-15(11-13)19-18(24)20(16(14)21)10-9-12-5-3-2-4-6-12/h5,7-8,11H,2-4,6,9-10H2,1H3,(H,19,24). The summed E-state index contributed by atoms with van der Waals surface area (Å²) in [6, 6.07) is 4.85. The zero-order valence-corrected chi connectivity index (χ0v) is 14.4. The summed E-state index contributed by atoms with van der Waals surface area (Å²) in [5, 5.41) is 0.522. The van der Waals surface area contributed by atoms with Crippen LogP contribution in [0.3, 0.4) is 0 Å². The molecule has 1 aromatic heterocycles. The molecule has 0 aliphatic heterocycles. The van der Waals surface area contributed by atoms with E-state index in [-0.39, 0.29) is 5.56 Å². The highest BCUT2D eigenvalue weighted by Gasteiger charge is 2.11. The zero-order chi connectivity index (χ0) is 17.1. The number of rotatable bonds is 4. The number of carbonyl (C=O) groups is 1. The summed E-state index contributed by atoms with van der Waals surface area (Å²) in [6.07, 6.45) is 7.85. The molecule has 1 heterocycles. The average molecular weight is 344 g/mol. The maximum absolute atomic E-state index is 12.7. The van der Waals surface area contributed by atoms with Crippen LogP contribution in [-0.2, 0) is 11.3 Å². The molecule has 5 nitrogen and oxygen atoms in total. The van der Waals surface area contributed by atoms with Crippen LogP contribution in [0.25, 0.3) is 10.9 Å². The first-order valence-electron chi connectivity index (χ1n) is 8.13. The van der Waals surface area contributed by atoms with Gasteiger partial charge in [0.15, 0.2) is 4.77 Å². The Balaban J connectivity index is 1.95. The SMILES string of the molecule is COC(=O)c1ccc2c(=O)n(CCC3=CCCCC3)c(=S)[nH]c2c1. The van der Waals surface area contributed by atoms with Gasteiger partial charge < -0.3 is 9.72 Å². The second-order valence-corrected chi connectivity index (χ2v) is 6.38. The minimum atomic E-state index is -0.440. The van der Waals surface area contributed by atoms with Crippen molar-refractivity contribution in [2.75, 3.05) is 7.11 Å². The molecule has 0 bridgehead atoms. The Kier molecular flexibility index (Phi) is 4.94. The molecule has 1 N–H and O–H groups in total. The molecular weight excluding hydrogens is 324 g/mol. The Bertz CT molecular complexity index is 924. The van der Waals surface area contributed by atoms with E-state index in [9.17, 15) is 9.59 Å². The number of nitrogens with one attached hydrogen (secondary N) is 1. The number of fused-ring (bicyclic) bond motifs is 1. The highest BCUT2D eigenvalue weighted by Crippen LogP contribution is 2.20. The number of hydrogen-bond acceptors (Lipinski definition) is 4. The second-order valence-electron chi connectivity index (χ2n) is 6.00. The van der Waals surface area contributed by atoms with Crippen LogP contribution in [0.4, 0.5) is 0 Å². The number of nitrogens with zero attached hydrogens (tertiary/aromatic N) is 1. The van der Waals surface area contributed by atoms with E-state index in [2.05, 4.69) is 11.1 Å². The largest absolute Gasteiger partial charge is 0.465 e. The third-order valence-corrected chi connectivity index (χ3v) is 4.77. The van der Waals surface area contributed by atoms with Crippen molar-refractivity contribution >= 4 is 29.1 Å². The quantitative estimate of drug-likeness (QED) is 0.521. The van der Waals surface area contributed by atoms with E-state index in [1.165, 1.54) is 25.5 Å². The summed E-state index contributed by atoms with van der Waals surface area (Å²) in [4.78, 5) is 27.4. The number of allylic oxidation sites excluding steroid dienone is 2. The van der Waals surface area contributed by atoms with Gasteiger partial charge >= 0.3 is 5.97 Å². The first-order valence-corrected chi connectivity index (χ1v) is 8.54. The van der Waals surface area contributed by atoms with Gasteiger partial charge in [-0.05, 0) is 62.5 Å². The number of H-pyrrole nitrogens is 1. The van der Waals surface area contributed by atoms with Gasteiger partial charge in [0.1, 0.15) is 0 Å². The molecule has 0 radical (unpaired) electrons. The zero-order valence-electron chi connectivity index (χ0n) is 13.6. The molecule has 0 unspecified atom stereocenters. The number of esters is 1. The van der Waals surface area contributed by atoms with Gasteiger partial charge in [-0.3, -0.25) is 9.36 Å². The minimum absolute atomic E-state index is 0.124. The number of methoxy groups -OCH3 is 1. The molecule has 0 saturated carbocycles. The van der Waals surface area contributed by atoms with E-state index >= 15 is 0 Å². The molecule has 24 heavy (non-hydrogen) atoms. The van der Waals surface area contributed by atoms with Crippen molar-refractivity contribution in [1.82, 2.24) is 9.55 Å².